The number of hydrogen-bond donors (Lipinski definition) is 0. The number of rotatable bonds is 45. The summed E-state index contributed by atoms with van der Waals surface area (Å²) in [6, 6.07) is 0. The van der Waals surface area contributed by atoms with Gasteiger partial charge >= 0.3 is 11.9 Å². The van der Waals surface area contributed by atoms with E-state index in [1.54, 1.807) is 0 Å². The molecule has 0 N–H and O–H groups in total. The van der Waals surface area contributed by atoms with Gasteiger partial charge < -0.3 is 18.9 Å². The number of esters is 2. The van der Waals surface area contributed by atoms with Gasteiger partial charge in [0.15, 0.2) is 0 Å². The number of aromatic nitrogens is 2. The Morgan fingerprint density at radius 1 is 0.534 bits per heavy atom. The average molecular weight is 816 g/mol. The van der Waals surface area contributed by atoms with Crippen molar-refractivity contribution >= 4 is 11.9 Å². The molecule has 0 aliphatic heterocycles. The topological polar surface area (TPSA) is 73.7 Å². The van der Waals surface area contributed by atoms with Gasteiger partial charge in [-0.15, -0.1) is 0 Å². The van der Waals surface area contributed by atoms with Crippen molar-refractivity contribution < 1.29 is 19.1 Å². The number of imidazole rings is 1. The Labute approximate surface area is 360 Å². The second kappa shape index (κ2) is 41.8. The van der Waals surface area contributed by atoms with Crippen LogP contribution in [0.5, 0.6) is 0 Å². The van der Waals surface area contributed by atoms with E-state index in [4.69, 9.17) is 9.47 Å². The minimum atomic E-state index is -0.0110. The highest BCUT2D eigenvalue weighted by atomic mass is 16.5. The lowest BCUT2D eigenvalue weighted by Crippen LogP contribution is -2.28. The molecule has 0 bridgehead atoms. The van der Waals surface area contributed by atoms with Gasteiger partial charge in [-0.2, -0.15) is 0 Å². The first kappa shape index (κ1) is 54.1. The summed E-state index contributed by atoms with van der Waals surface area (Å²) >= 11 is 0. The molecule has 1 aromatic heterocycles. The Hall–Kier alpha value is -1.89. The number of carbonyl (C=O) groups is 2. The molecule has 7 heteroatoms. The van der Waals surface area contributed by atoms with E-state index in [1.807, 2.05) is 6.20 Å². The van der Waals surface area contributed by atoms with E-state index in [1.165, 1.54) is 161 Å². The molecule has 0 saturated heterocycles. The van der Waals surface area contributed by atoms with Crippen LogP contribution >= 0.6 is 0 Å². The summed E-state index contributed by atoms with van der Waals surface area (Å²) in [5, 5.41) is 0. The van der Waals surface area contributed by atoms with Crippen LogP contribution in [0.3, 0.4) is 0 Å². The standard InChI is InChI=1S/C51H97N3O4/c1-5-8-11-14-17-18-23-30-38-49(37-29-22-16-13-10-7-3)51(56)58-47-35-28-21-26-33-42-53(43-36-44-54-45-40-52-48(54)4)41-32-25-20-24-31-39-50(55)57-46-34-27-19-15-12-9-6-2/h40,45,49H,5-39,41-44,46-47H2,1-4H3. The lowest BCUT2D eigenvalue weighted by molar-refractivity contribution is -0.149. The van der Waals surface area contributed by atoms with Crippen molar-refractivity contribution in [3.63, 3.8) is 0 Å². The molecular weight excluding hydrogens is 719 g/mol. The first-order valence-corrected chi connectivity index (χ1v) is 25.5. The summed E-state index contributed by atoms with van der Waals surface area (Å²) in [6.45, 7) is 14.5. The van der Waals surface area contributed by atoms with Crippen LogP contribution in [-0.2, 0) is 25.6 Å². The number of unbranched alkanes of at least 4 members (excludes halogenated alkanes) is 26. The fourth-order valence-corrected chi connectivity index (χ4v) is 8.23. The van der Waals surface area contributed by atoms with Gasteiger partial charge in [0.25, 0.3) is 0 Å². The first-order valence-electron chi connectivity index (χ1n) is 25.5. The molecule has 0 spiro atoms. The monoisotopic (exact) mass is 816 g/mol. The highest BCUT2D eigenvalue weighted by molar-refractivity contribution is 5.72. The third-order valence-electron chi connectivity index (χ3n) is 12.2. The van der Waals surface area contributed by atoms with Gasteiger partial charge in [-0.1, -0.05) is 188 Å². The van der Waals surface area contributed by atoms with Gasteiger partial charge in [-0.25, -0.2) is 4.98 Å². The minimum Gasteiger partial charge on any atom is -0.466 e. The quantitative estimate of drug-likeness (QED) is 0.0482. The van der Waals surface area contributed by atoms with Crippen molar-refractivity contribution in [1.29, 1.82) is 0 Å². The van der Waals surface area contributed by atoms with Crippen LogP contribution in [0.4, 0.5) is 0 Å². The maximum atomic E-state index is 13.2. The van der Waals surface area contributed by atoms with E-state index in [0.717, 1.165) is 89.8 Å². The van der Waals surface area contributed by atoms with E-state index in [9.17, 15) is 9.59 Å². The van der Waals surface area contributed by atoms with Gasteiger partial charge in [-0.3, -0.25) is 9.59 Å². The van der Waals surface area contributed by atoms with Crippen LogP contribution < -0.4 is 0 Å². The van der Waals surface area contributed by atoms with Crippen molar-refractivity contribution in [2.75, 3.05) is 32.8 Å². The first-order chi connectivity index (χ1) is 28.5. The Balaban J connectivity index is 2.29. The van der Waals surface area contributed by atoms with Crippen molar-refractivity contribution in [3.05, 3.63) is 18.2 Å². The van der Waals surface area contributed by atoms with Crippen LogP contribution in [0, 0.1) is 12.8 Å². The van der Waals surface area contributed by atoms with E-state index < -0.39 is 0 Å². The Morgan fingerprint density at radius 3 is 1.43 bits per heavy atom. The maximum absolute atomic E-state index is 13.2. The second-order valence-corrected chi connectivity index (χ2v) is 17.7. The Morgan fingerprint density at radius 2 is 0.948 bits per heavy atom. The molecule has 0 aromatic carbocycles. The molecule has 1 rings (SSSR count). The van der Waals surface area contributed by atoms with Gasteiger partial charge in [0.05, 0.1) is 19.1 Å². The van der Waals surface area contributed by atoms with Gasteiger partial charge in [-0.05, 0) is 77.9 Å². The van der Waals surface area contributed by atoms with Crippen molar-refractivity contribution in [3.8, 4) is 0 Å². The zero-order valence-electron chi connectivity index (χ0n) is 39.2. The average Bonchev–Trinajstić information content (AvgIpc) is 3.64. The smallest absolute Gasteiger partial charge is 0.308 e. The van der Waals surface area contributed by atoms with E-state index in [0.29, 0.717) is 19.6 Å². The molecule has 0 aliphatic carbocycles. The fourth-order valence-electron chi connectivity index (χ4n) is 8.23. The molecule has 0 saturated carbocycles. The third-order valence-corrected chi connectivity index (χ3v) is 12.2. The van der Waals surface area contributed by atoms with Crippen molar-refractivity contribution in [1.82, 2.24) is 14.5 Å². The van der Waals surface area contributed by atoms with Gasteiger partial charge in [0.2, 0.25) is 0 Å². The Kier molecular flexibility index (Phi) is 39.0. The van der Waals surface area contributed by atoms with E-state index in [2.05, 4.69) is 48.3 Å². The highest BCUT2D eigenvalue weighted by Crippen LogP contribution is 2.21. The largest absolute Gasteiger partial charge is 0.466 e. The number of carbonyl (C=O) groups excluding carboxylic acids is 2. The minimum absolute atomic E-state index is 0.0110. The van der Waals surface area contributed by atoms with Crippen LogP contribution in [-0.4, -0.2) is 59.2 Å². The summed E-state index contributed by atoms with van der Waals surface area (Å²) in [6.07, 6.45) is 46.1. The molecule has 0 amide bonds. The molecule has 7 nitrogen and oxygen atoms in total. The SMILES string of the molecule is CCCCCCCCCCC(CCCCCCCC)C(=O)OCCCCCCCN(CCCCCCCC(=O)OCCCCCCCCC)CCCn1ccnc1C. The highest BCUT2D eigenvalue weighted by Gasteiger charge is 2.19. The molecule has 0 fully saturated rings. The summed E-state index contributed by atoms with van der Waals surface area (Å²) in [4.78, 5) is 32.4. The Bertz CT molecular complexity index is 1030. The number of nitrogens with zero attached hydrogens (tertiary/aromatic N) is 3. The molecule has 1 heterocycles. The van der Waals surface area contributed by atoms with E-state index >= 15 is 0 Å². The number of ether oxygens (including phenoxy) is 2. The van der Waals surface area contributed by atoms with Crippen LogP contribution in [0.2, 0.25) is 0 Å². The van der Waals surface area contributed by atoms with Gasteiger partial charge in [0.1, 0.15) is 5.82 Å². The normalized spacial score (nSPS) is 12.1. The predicted octanol–water partition coefficient (Wildman–Crippen LogP) is 14.9. The van der Waals surface area contributed by atoms with Crippen LogP contribution in [0.1, 0.15) is 251 Å². The molecule has 1 atom stereocenters. The molecule has 1 unspecified atom stereocenters. The van der Waals surface area contributed by atoms with Crippen LogP contribution in [0.25, 0.3) is 0 Å². The molecule has 0 radical (unpaired) electrons. The number of aryl methyl sites for hydroxylation is 2. The van der Waals surface area contributed by atoms with Gasteiger partial charge in [0, 0.05) is 25.4 Å². The molecule has 58 heavy (non-hydrogen) atoms. The fraction of sp³-hybridized carbons (Fsp3) is 0.902. The second-order valence-electron chi connectivity index (χ2n) is 17.7. The molecule has 340 valence electrons. The van der Waals surface area contributed by atoms with Crippen LogP contribution in [0.15, 0.2) is 12.4 Å². The summed E-state index contributed by atoms with van der Waals surface area (Å²) in [7, 11) is 0. The zero-order chi connectivity index (χ0) is 42.0. The third kappa shape index (κ3) is 33.9. The van der Waals surface area contributed by atoms with E-state index in [-0.39, 0.29) is 17.9 Å². The summed E-state index contributed by atoms with van der Waals surface area (Å²) in [5.74, 6) is 1.26. The maximum Gasteiger partial charge on any atom is 0.308 e. The zero-order valence-corrected chi connectivity index (χ0v) is 39.2. The van der Waals surface area contributed by atoms with Crippen molar-refractivity contribution in [2.45, 2.75) is 259 Å². The molecule has 0 aliphatic rings. The molecular formula is C51H97N3O4. The lowest BCUT2D eigenvalue weighted by Gasteiger charge is -2.22. The summed E-state index contributed by atoms with van der Waals surface area (Å²) < 4.78 is 13.6. The summed E-state index contributed by atoms with van der Waals surface area (Å²) in [5.41, 5.74) is 0. The van der Waals surface area contributed by atoms with Crippen molar-refractivity contribution in [2.24, 2.45) is 5.92 Å². The molecule has 1 aromatic rings. The number of hydrogen-bond acceptors (Lipinski definition) is 6. The lowest BCUT2D eigenvalue weighted by atomic mass is 9.94. The predicted molar refractivity (Wildman–Crippen MR) is 247 cm³/mol.